The molecule has 132 valence electrons. The molecule has 24 heavy (non-hydrogen) atoms. The fraction of sp³-hybridized carbons (Fsp3) is 0.316. The molecule has 0 aliphatic rings. The number of nitrogens with zero attached hydrogens (tertiary/aromatic N) is 1. The number of primary amides is 1. The third kappa shape index (κ3) is 11.9. The van der Waals surface area contributed by atoms with E-state index in [4.69, 9.17) is 5.73 Å². The van der Waals surface area contributed by atoms with Crippen LogP contribution in [0.4, 0.5) is 0 Å². The van der Waals surface area contributed by atoms with Gasteiger partial charge in [-0.1, -0.05) is 58.0 Å². The summed E-state index contributed by atoms with van der Waals surface area (Å²) in [4.78, 5) is 25.0. The van der Waals surface area contributed by atoms with E-state index in [0.29, 0.717) is 12.0 Å². The topological polar surface area (TPSA) is 85.1 Å². The van der Waals surface area contributed by atoms with Gasteiger partial charge in [0.05, 0.1) is 12.0 Å². The molecule has 0 aliphatic carbocycles. The molecule has 0 aliphatic heterocycles. The van der Waals surface area contributed by atoms with Crippen LogP contribution >= 0.6 is 0 Å². The molecule has 5 heteroatoms. The number of nitrogens with two attached hydrogens (primary N) is 1. The van der Waals surface area contributed by atoms with Crippen LogP contribution in [0.5, 0.6) is 0 Å². The Morgan fingerprint density at radius 1 is 1.00 bits per heavy atom. The number of rotatable bonds is 3. The summed E-state index contributed by atoms with van der Waals surface area (Å²) in [6.45, 7) is 8.00. The molecule has 2 aromatic rings. The zero-order valence-corrected chi connectivity index (χ0v) is 15.2. The Morgan fingerprint density at radius 2 is 1.58 bits per heavy atom. The van der Waals surface area contributed by atoms with Gasteiger partial charge in [0.1, 0.15) is 0 Å². The molecule has 1 heterocycles. The second-order valence-corrected chi connectivity index (χ2v) is 3.95. The van der Waals surface area contributed by atoms with Crippen molar-refractivity contribution >= 4 is 11.8 Å². The maximum absolute atomic E-state index is 10.9. The first-order chi connectivity index (χ1) is 11.6. The Labute approximate surface area is 145 Å². The summed E-state index contributed by atoms with van der Waals surface area (Å²) in [5.74, 6) is -0.390. The minimum absolute atomic E-state index is 0.104. The van der Waals surface area contributed by atoms with Gasteiger partial charge in [0, 0.05) is 19.4 Å². The van der Waals surface area contributed by atoms with E-state index in [9.17, 15) is 9.59 Å². The van der Waals surface area contributed by atoms with Crippen LogP contribution in [0, 0.1) is 0 Å². The highest BCUT2D eigenvalue weighted by Gasteiger charge is 1.99. The number of carbonyl (C=O) groups is 2. The molecular weight excluding hydrogens is 302 g/mol. The lowest BCUT2D eigenvalue weighted by Crippen LogP contribution is -2.17. The molecule has 3 N–H and O–H groups in total. The van der Waals surface area contributed by atoms with Gasteiger partial charge in [0.25, 0.3) is 5.91 Å². The van der Waals surface area contributed by atoms with Crippen LogP contribution in [0.1, 0.15) is 43.6 Å². The first-order valence-electron chi connectivity index (χ1n) is 8.08. The van der Waals surface area contributed by atoms with Crippen molar-refractivity contribution in [1.82, 2.24) is 10.3 Å². The van der Waals surface area contributed by atoms with Crippen molar-refractivity contribution < 1.29 is 9.59 Å². The summed E-state index contributed by atoms with van der Waals surface area (Å²) in [5.41, 5.74) is 6.54. The summed E-state index contributed by atoms with van der Waals surface area (Å²) in [6, 6.07) is 12.9. The van der Waals surface area contributed by atoms with Gasteiger partial charge < -0.3 is 11.1 Å². The first kappa shape index (κ1) is 23.6. The number of nitrogens with one attached hydrogen (secondary N) is 1. The van der Waals surface area contributed by atoms with Crippen molar-refractivity contribution in [2.45, 2.75) is 34.1 Å². The summed E-state index contributed by atoms with van der Waals surface area (Å²) in [6.07, 6.45) is 3.49. The fourth-order valence-corrected chi connectivity index (χ4v) is 1.44. The van der Waals surface area contributed by atoms with E-state index in [2.05, 4.69) is 10.3 Å². The zero-order chi connectivity index (χ0) is 18.8. The predicted octanol–water partition coefficient (Wildman–Crippen LogP) is 3.21. The molecule has 2 rings (SSSR count). The second-order valence-electron chi connectivity index (χ2n) is 3.95. The maximum Gasteiger partial charge on any atom is 0.252 e. The Bertz CT molecular complexity index is 543. The number of pyridine rings is 1. The largest absolute Gasteiger partial charge is 0.369 e. The molecular formula is C19H29N3O2. The fourth-order valence-electron chi connectivity index (χ4n) is 1.44. The highest BCUT2D eigenvalue weighted by molar-refractivity contribution is 5.93. The monoisotopic (exact) mass is 331 g/mol. The summed E-state index contributed by atoms with van der Waals surface area (Å²) >= 11 is 0. The number of benzene rings is 1. The molecule has 5 nitrogen and oxygen atoms in total. The Morgan fingerprint density at radius 3 is 2.00 bits per heavy atom. The van der Waals surface area contributed by atoms with E-state index in [0.717, 1.165) is 5.56 Å². The smallest absolute Gasteiger partial charge is 0.252 e. The van der Waals surface area contributed by atoms with Crippen molar-refractivity contribution in [3.05, 3.63) is 66.0 Å². The highest BCUT2D eigenvalue weighted by Crippen LogP contribution is 1.97. The highest BCUT2D eigenvalue weighted by atomic mass is 16.1. The van der Waals surface area contributed by atoms with Crippen LogP contribution in [0.3, 0.4) is 0 Å². The lowest BCUT2D eigenvalue weighted by molar-refractivity contribution is -0.117. The van der Waals surface area contributed by atoms with Gasteiger partial charge in [0.2, 0.25) is 5.91 Å². The van der Waals surface area contributed by atoms with Crippen molar-refractivity contribution in [2.75, 3.05) is 7.05 Å². The van der Waals surface area contributed by atoms with E-state index in [-0.39, 0.29) is 11.8 Å². The standard InChI is InChI=1S/C8H9NO.C7H8N2O.2C2H6/c9-8(10)6-7-4-2-1-3-5-7;1-8-7(10)6-3-2-4-9-5-6;2*1-2/h1-5H,6H2,(H2,9,10);2-5H,1H3,(H,8,10);2*1-2H3. The molecule has 0 bridgehead atoms. The number of carbonyl (C=O) groups excluding carboxylic acids is 2. The lowest BCUT2D eigenvalue weighted by atomic mass is 10.1. The third-order valence-corrected chi connectivity index (χ3v) is 2.37. The second kappa shape index (κ2) is 16.7. The van der Waals surface area contributed by atoms with Gasteiger partial charge >= 0.3 is 0 Å². The molecule has 0 spiro atoms. The van der Waals surface area contributed by atoms with Crippen LogP contribution in [0.2, 0.25) is 0 Å². The molecule has 0 atom stereocenters. The van der Waals surface area contributed by atoms with Crippen LogP contribution in [-0.4, -0.2) is 23.8 Å². The van der Waals surface area contributed by atoms with Gasteiger partial charge in [-0.05, 0) is 17.7 Å². The Balaban J connectivity index is 0. The van der Waals surface area contributed by atoms with Crippen molar-refractivity contribution in [2.24, 2.45) is 5.73 Å². The Hall–Kier alpha value is -2.69. The molecule has 2 amide bonds. The molecule has 0 unspecified atom stereocenters. The normalized spacial score (nSPS) is 8.04. The van der Waals surface area contributed by atoms with Gasteiger partial charge in [0.15, 0.2) is 0 Å². The van der Waals surface area contributed by atoms with Gasteiger partial charge in [-0.3, -0.25) is 14.6 Å². The van der Waals surface area contributed by atoms with Gasteiger partial charge in [-0.25, -0.2) is 0 Å². The molecule has 1 aromatic carbocycles. The Kier molecular flexibility index (Phi) is 16.4. The summed E-state index contributed by atoms with van der Waals surface area (Å²) in [7, 11) is 1.59. The van der Waals surface area contributed by atoms with E-state index in [1.54, 1.807) is 25.4 Å². The summed E-state index contributed by atoms with van der Waals surface area (Å²) in [5, 5.41) is 2.50. The average Bonchev–Trinajstić information content (AvgIpc) is 2.66. The molecule has 0 radical (unpaired) electrons. The maximum atomic E-state index is 10.9. The van der Waals surface area contributed by atoms with Gasteiger partial charge in [-0.2, -0.15) is 0 Å². The summed E-state index contributed by atoms with van der Waals surface area (Å²) < 4.78 is 0. The number of amides is 2. The van der Waals surface area contributed by atoms with E-state index in [1.165, 1.54) is 6.20 Å². The molecule has 0 saturated carbocycles. The first-order valence-corrected chi connectivity index (χ1v) is 8.08. The average molecular weight is 331 g/mol. The van der Waals surface area contributed by atoms with E-state index >= 15 is 0 Å². The van der Waals surface area contributed by atoms with Crippen molar-refractivity contribution in [3.8, 4) is 0 Å². The molecule has 0 fully saturated rings. The number of hydrogen-bond acceptors (Lipinski definition) is 3. The lowest BCUT2D eigenvalue weighted by Gasteiger charge is -1.95. The van der Waals surface area contributed by atoms with Gasteiger partial charge in [-0.15, -0.1) is 0 Å². The van der Waals surface area contributed by atoms with Crippen LogP contribution < -0.4 is 11.1 Å². The quantitative estimate of drug-likeness (QED) is 0.905. The van der Waals surface area contributed by atoms with E-state index < -0.39 is 0 Å². The predicted molar refractivity (Wildman–Crippen MR) is 99.7 cm³/mol. The van der Waals surface area contributed by atoms with Crippen LogP contribution in [0.15, 0.2) is 54.9 Å². The zero-order valence-electron chi connectivity index (χ0n) is 15.2. The minimum atomic E-state index is -0.286. The van der Waals surface area contributed by atoms with Crippen molar-refractivity contribution in [1.29, 1.82) is 0 Å². The molecule has 0 saturated heterocycles. The van der Waals surface area contributed by atoms with Crippen molar-refractivity contribution in [3.63, 3.8) is 0 Å². The number of aromatic nitrogens is 1. The molecule has 1 aromatic heterocycles. The van der Waals surface area contributed by atoms with E-state index in [1.807, 2.05) is 58.0 Å². The third-order valence-electron chi connectivity index (χ3n) is 2.37. The van der Waals surface area contributed by atoms with Crippen LogP contribution in [0.25, 0.3) is 0 Å². The van der Waals surface area contributed by atoms with Crippen LogP contribution in [-0.2, 0) is 11.2 Å². The minimum Gasteiger partial charge on any atom is -0.369 e. The number of hydrogen-bond donors (Lipinski definition) is 2. The SMILES string of the molecule is CC.CC.CNC(=O)c1cccnc1.NC(=O)Cc1ccccc1.